The van der Waals surface area contributed by atoms with Crippen molar-refractivity contribution in [2.75, 3.05) is 7.11 Å². The summed E-state index contributed by atoms with van der Waals surface area (Å²) in [4.78, 5) is 22.6. The maximum absolute atomic E-state index is 11.3. The number of ether oxygens (including phenoxy) is 1. The molecule has 3 heteroatoms. The zero-order chi connectivity index (χ0) is 10.7. The first kappa shape index (κ1) is 10.4. The van der Waals surface area contributed by atoms with Crippen LogP contribution in [0.25, 0.3) is 0 Å². The van der Waals surface area contributed by atoms with Crippen molar-refractivity contribution in [2.45, 2.75) is 13.8 Å². The minimum Gasteiger partial charge on any atom is -0.465 e. The third-order valence-corrected chi connectivity index (χ3v) is 2.03. The Morgan fingerprint density at radius 3 is 2.43 bits per heavy atom. The van der Waals surface area contributed by atoms with E-state index in [1.807, 2.05) is 0 Å². The molecule has 0 aromatic heterocycles. The number of Topliss-reactive ketones (excluding diaryl/α,β-unsaturated/α-hetero) is 1. The van der Waals surface area contributed by atoms with Crippen LogP contribution in [0.1, 0.15) is 33.2 Å². The van der Waals surface area contributed by atoms with Crippen LogP contribution in [-0.4, -0.2) is 18.9 Å². The molecule has 0 aliphatic carbocycles. The van der Waals surface area contributed by atoms with E-state index in [1.54, 1.807) is 25.1 Å². The van der Waals surface area contributed by atoms with Gasteiger partial charge in [0.05, 0.1) is 12.7 Å². The van der Waals surface area contributed by atoms with Gasteiger partial charge in [-0.3, -0.25) is 4.79 Å². The summed E-state index contributed by atoms with van der Waals surface area (Å²) in [5.41, 5.74) is 1.57. The first-order valence-corrected chi connectivity index (χ1v) is 4.26. The average molecular weight is 192 g/mol. The molecule has 74 valence electrons. The van der Waals surface area contributed by atoms with Crippen LogP contribution in [0.15, 0.2) is 18.2 Å². The van der Waals surface area contributed by atoms with Gasteiger partial charge in [0.2, 0.25) is 0 Å². The van der Waals surface area contributed by atoms with Gasteiger partial charge >= 0.3 is 5.97 Å². The van der Waals surface area contributed by atoms with Gasteiger partial charge in [-0.1, -0.05) is 12.1 Å². The lowest BCUT2D eigenvalue weighted by molar-refractivity contribution is 0.0597. The van der Waals surface area contributed by atoms with Crippen LogP contribution < -0.4 is 0 Å². The summed E-state index contributed by atoms with van der Waals surface area (Å²) < 4.78 is 4.59. The van der Waals surface area contributed by atoms with Crippen molar-refractivity contribution in [2.24, 2.45) is 0 Å². The molecule has 0 atom stereocenters. The fourth-order valence-electron chi connectivity index (χ4n) is 1.42. The fourth-order valence-corrected chi connectivity index (χ4v) is 1.42. The molecule has 1 aromatic carbocycles. The first-order chi connectivity index (χ1) is 6.57. The van der Waals surface area contributed by atoms with Gasteiger partial charge in [0.15, 0.2) is 5.78 Å². The van der Waals surface area contributed by atoms with Crippen LogP contribution in [0.2, 0.25) is 0 Å². The van der Waals surface area contributed by atoms with Crippen LogP contribution in [0.5, 0.6) is 0 Å². The second-order valence-electron chi connectivity index (χ2n) is 3.05. The number of ketones is 1. The summed E-state index contributed by atoms with van der Waals surface area (Å²) in [7, 11) is 1.30. The molecule has 0 fully saturated rings. The first-order valence-electron chi connectivity index (χ1n) is 4.26. The molecule has 0 saturated carbocycles. The van der Waals surface area contributed by atoms with Gasteiger partial charge in [-0.15, -0.1) is 0 Å². The Balaban J connectivity index is 3.35. The lowest BCUT2D eigenvalue weighted by Gasteiger charge is -2.07. The van der Waals surface area contributed by atoms with Crippen LogP contribution in [-0.2, 0) is 4.74 Å². The molecular weight excluding hydrogens is 180 g/mol. The standard InChI is InChI=1S/C11H12O3/c1-7-5-4-6-9(11(13)14-3)10(7)8(2)12/h4-6H,1-3H3. The molecule has 0 amide bonds. The lowest BCUT2D eigenvalue weighted by Crippen LogP contribution is -2.10. The number of rotatable bonds is 2. The molecule has 0 N–H and O–H groups in total. The lowest BCUT2D eigenvalue weighted by atomic mass is 9.99. The molecule has 1 aromatic rings. The van der Waals surface area contributed by atoms with E-state index in [0.29, 0.717) is 11.1 Å². The van der Waals surface area contributed by atoms with Crippen LogP contribution in [0.4, 0.5) is 0 Å². The van der Waals surface area contributed by atoms with E-state index in [1.165, 1.54) is 14.0 Å². The van der Waals surface area contributed by atoms with E-state index < -0.39 is 5.97 Å². The van der Waals surface area contributed by atoms with Gasteiger partial charge in [0.25, 0.3) is 0 Å². The van der Waals surface area contributed by atoms with E-state index in [-0.39, 0.29) is 5.78 Å². The van der Waals surface area contributed by atoms with E-state index in [4.69, 9.17) is 0 Å². The van der Waals surface area contributed by atoms with Gasteiger partial charge in [-0.25, -0.2) is 4.79 Å². The third kappa shape index (κ3) is 1.82. The van der Waals surface area contributed by atoms with Crippen molar-refractivity contribution in [3.8, 4) is 0 Å². The van der Waals surface area contributed by atoms with Crippen molar-refractivity contribution in [3.05, 3.63) is 34.9 Å². The number of benzene rings is 1. The topological polar surface area (TPSA) is 43.4 Å². The van der Waals surface area contributed by atoms with Gasteiger partial charge < -0.3 is 4.74 Å². The van der Waals surface area contributed by atoms with E-state index in [2.05, 4.69) is 4.74 Å². The number of methoxy groups -OCH3 is 1. The summed E-state index contributed by atoms with van der Waals surface area (Å²) >= 11 is 0. The van der Waals surface area contributed by atoms with E-state index in [9.17, 15) is 9.59 Å². The molecule has 3 nitrogen and oxygen atoms in total. The summed E-state index contributed by atoms with van der Waals surface area (Å²) in [5.74, 6) is -0.595. The Hall–Kier alpha value is -1.64. The Morgan fingerprint density at radius 2 is 1.93 bits per heavy atom. The molecule has 0 bridgehead atoms. The quantitative estimate of drug-likeness (QED) is 0.531. The van der Waals surface area contributed by atoms with Crippen LogP contribution in [0.3, 0.4) is 0 Å². The van der Waals surface area contributed by atoms with Crippen LogP contribution >= 0.6 is 0 Å². The van der Waals surface area contributed by atoms with Crippen molar-refractivity contribution in [1.29, 1.82) is 0 Å². The largest absolute Gasteiger partial charge is 0.465 e. The zero-order valence-corrected chi connectivity index (χ0v) is 8.46. The minimum absolute atomic E-state index is 0.122. The summed E-state index contributed by atoms with van der Waals surface area (Å²) in [5, 5.41) is 0. The monoisotopic (exact) mass is 192 g/mol. The molecule has 0 heterocycles. The predicted molar refractivity (Wildman–Crippen MR) is 52.5 cm³/mol. The Bertz CT molecular complexity index is 380. The number of carbonyl (C=O) groups is 2. The SMILES string of the molecule is COC(=O)c1cccc(C)c1C(C)=O. The summed E-state index contributed by atoms with van der Waals surface area (Å²) in [6, 6.07) is 5.12. The second-order valence-corrected chi connectivity index (χ2v) is 3.05. The number of hydrogen-bond acceptors (Lipinski definition) is 3. The van der Waals surface area contributed by atoms with E-state index in [0.717, 1.165) is 5.56 Å². The fraction of sp³-hybridized carbons (Fsp3) is 0.273. The van der Waals surface area contributed by atoms with Gasteiger partial charge in [-0.05, 0) is 25.5 Å². The zero-order valence-electron chi connectivity index (χ0n) is 8.46. The van der Waals surface area contributed by atoms with Crippen molar-refractivity contribution in [3.63, 3.8) is 0 Å². The highest BCUT2D eigenvalue weighted by molar-refractivity contribution is 6.06. The Morgan fingerprint density at radius 1 is 1.29 bits per heavy atom. The van der Waals surface area contributed by atoms with Crippen molar-refractivity contribution in [1.82, 2.24) is 0 Å². The summed E-state index contributed by atoms with van der Waals surface area (Å²) in [6.45, 7) is 3.23. The number of aryl methyl sites for hydroxylation is 1. The highest BCUT2D eigenvalue weighted by atomic mass is 16.5. The van der Waals surface area contributed by atoms with Crippen molar-refractivity contribution < 1.29 is 14.3 Å². The normalized spacial score (nSPS) is 9.64. The summed E-state index contributed by atoms with van der Waals surface area (Å²) in [6.07, 6.45) is 0. The van der Waals surface area contributed by atoms with Crippen molar-refractivity contribution >= 4 is 11.8 Å². The molecule has 0 saturated heterocycles. The number of carbonyl (C=O) groups excluding carboxylic acids is 2. The smallest absolute Gasteiger partial charge is 0.338 e. The molecule has 0 aliphatic rings. The molecular formula is C11H12O3. The van der Waals surface area contributed by atoms with E-state index >= 15 is 0 Å². The third-order valence-electron chi connectivity index (χ3n) is 2.03. The maximum atomic E-state index is 11.3. The maximum Gasteiger partial charge on any atom is 0.338 e. The predicted octanol–water partition coefficient (Wildman–Crippen LogP) is 1.98. The Kier molecular flexibility index (Phi) is 3.02. The minimum atomic E-state index is -0.473. The molecule has 0 unspecified atom stereocenters. The number of esters is 1. The highest BCUT2D eigenvalue weighted by Crippen LogP contribution is 2.15. The molecule has 14 heavy (non-hydrogen) atoms. The van der Waals surface area contributed by atoms with Crippen LogP contribution in [0, 0.1) is 6.92 Å². The number of hydrogen-bond donors (Lipinski definition) is 0. The van der Waals surface area contributed by atoms with Gasteiger partial charge in [0, 0.05) is 5.56 Å². The molecule has 0 spiro atoms. The van der Waals surface area contributed by atoms with Gasteiger partial charge in [0.1, 0.15) is 0 Å². The van der Waals surface area contributed by atoms with Gasteiger partial charge in [-0.2, -0.15) is 0 Å². The highest BCUT2D eigenvalue weighted by Gasteiger charge is 2.16. The average Bonchev–Trinajstić information content (AvgIpc) is 2.15. The second kappa shape index (κ2) is 4.05. The molecule has 1 rings (SSSR count). The molecule has 0 aliphatic heterocycles. The molecule has 0 radical (unpaired) electrons. The Labute approximate surface area is 82.7 Å².